The van der Waals surface area contributed by atoms with Gasteiger partial charge >= 0.3 is 5.91 Å². The van der Waals surface area contributed by atoms with Gasteiger partial charge in [-0.25, -0.2) is 0 Å². The molecule has 1 amide bonds. The fourth-order valence-electron chi connectivity index (χ4n) is 4.25. The van der Waals surface area contributed by atoms with Crippen molar-refractivity contribution in [2.75, 3.05) is 40.4 Å². The highest BCUT2D eigenvalue weighted by Crippen LogP contribution is 2.47. The molecule has 1 atom stereocenters. The van der Waals surface area contributed by atoms with Crippen LogP contribution in [0.15, 0.2) is 46.5 Å². The topological polar surface area (TPSA) is 130 Å². The Bertz CT molecular complexity index is 1370. The number of carbonyl (C=O) groups excluding carboxylic acids is 2. The molecule has 0 bridgehead atoms. The maximum Gasteiger partial charge on any atom is 0.301 e. The average Bonchev–Trinajstić information content (AvgIpc) is 3.46. The van der Waals surface area contributed by atoms with Gasteiger partial charge < -0.3 is 33.3 Å². The summed E-state index contributed by atoms with van der Waals surface area (Å²) in [7, 11) is 7.28. The second-order valence-electron chi connectivity index (χ2n) is 7.99. The van der Waals surface area contributed by atoms with Crippen LogP contribution in [0.5, 0.6) is 28.7 Å². The number of rotatable bonds is 8. The molecule has 3 aromatic rings. The summed E-state index contributed by atoms with van der Waals surface area (Å²) < 4.78 is 32.1. The molecule has 37 heavy (non-hydrogen) atoms. The molecule has 4 rings (SSSR count). The van der Waals surface area contributed by atoms with Crippen molar-refractivity contribution < 1.29 is 42.9 Å². The highest BCUT2D eigenvalue weighted by atomic mass is 16.5. The number of ether oxygens (including phenoxy) is 5. The summed E-state index contributed by atoms with van der Waals surface area (Å²) in [6.45, 7) is 1.66. The average molecular weight is 510 g/mol. The van der Waals surface area contributed by atoms with Gasteiger partial charge in [-0.1, -0.05) is 5.16 Å². The van der Waals surface area contributed by atoms with Crippen LogP contribution in [0.25, 0.3) is 5.76 Å². The molecule has 194 valence electrons. The van der Waals surface area contributed by atoms with Crippen LogP contribution >= 0.6 is 0 Å². The Kier molecular flexibility index (Phi) is 6.96. The summed E-state index contributed by atoms with van der Waals surface area (Å²) in [5.74, 6) is -0.0136. The fourth-order valence-corrected chi connectivity index (χ4v) is 4.25. The third kappa shape index (κ3) is 4.28. The van der Waals surface area contributed by atoms with E-state index >= 15 is 0 Å². The van der Waals surface area contributed by atoms with Gasteiger partial charge in [0.25, 0.3) is 5.78 Å². The monoisotopic (exact) mass is 510 g/mol. The number of benzene rings is 2. The van der Waals surface area contributed by atoms with Crippen LogP contribution in [0.3, 0.4) is 0 Å². The first-order valence-electron chi connectivity index (χ1n) is 11.1. The minimum Gasteiger partial charge on any atom is -0.507 e. The Morgan fingerprint density at radius 2 is 1.49 bits per heavy atom. The number of hydrogen-bond donors (Lipinski definition) is 1. The van der Waals surface area contributed by atoms with Gasteiger partial charge in [0.05, 0.1) is 47.2 Å². The number of nitrogens with zero attached hydrogens (tertiary/aromatic N) is 2. The Balaban J connectivity index is 2.00. The first-order chi connectivity index (χ1) is 17.8. The van der Waals surface area contributed by atoms with Crippen molar-refractivity contribution in [2.24, 2.45) is 0 Å². The zero-order chi connectivity index (χ0) is 26.9. The van der Waals surface area contributed by atoms with E-state index in [0.717, 1.165) is 4.90 Å². The molecule has 1 aliphatic rings. The molecule has 0 spiro atoms. The van der Waals surface area contributed by atoms with Crippen LogP contribution in [-0.2, 0) is 9.59 Å². The Morgan fingerprint density at radius 1 is 0.865 bits per heavy atom. The lowest BCUT2D eigenvalue weighted by atomic mass is 9.94. The van der Waals surface area contributed by atoms with Gasteiger partial charge in [-0.2, -0.15) is 0 Å². The number of methoxy groups -OCH3 is 5. The Morgan fingerprint density at radius 3 is 2.00 bits per heavy atom. The third-order valence-electron chi connectivity index (χ3n) is 5.97. The number of aryl methyl sites for hydroxylation is 1. The van der Waals surface area contributed by atoms with Gasteiger partial charge in [0.1, 0.15) is 11.5 Å². The summed E-state index contributed by atoms with van der Waals surface area (Å²) in [6.07, 6.45) is 0. The van der Waals surface area contributed by atoms with E-state index in [2.05, 4.69) is 5.16 Å². The first kappa shape index (κ1) is 25.4. The first-order valence-corrected chi connectivity index (χ1v) is 11.1. The molecule has 0 unspecified atom stereocenters. The smallest absolute Gasteiger partial charge is 0.301 e. The minimum atomic E-state index is -1.11. The van der Waals surface area contributed by atoms with Gasteiger partial charge in [0.2, 0.25) is 5.75 Å². The molecule has 1 aromatic heterocycles. The van der Waals surface area contributed by atoms with Crippen LogP contribution in [0.2, 0.25) is 0 Å². The van der Waals surface area contributed by atoms with Gasteiger partial charge in [0.15, 0.2) is 28.8 Å². The second-order valence-corrected chi connectivity index (χ2v) is 7.99. The van der Waals surface area contributed by atoms with E-state index in [4.69, 9.17) is 28.2 Å². The number of anilines is 1. The van der Waals surface area contributed by atoms with E-state index in [1.165, 1.54) is 47.7 Å². The van der Waals surface area contributed by atoms with E-state index in [1.54, 1.807) is 31.2 Å². The molecular weight excluding hydrogens is 484 g/mol. The van der Waals surface area contributed by atoms with E-state index < -0.39 is 23.5 Å². The Labute approximate surface area is 212 Å². The van der Waals surface area contributed by atoms with Crippen molar-refractivity contribution in [1.82, 2.24) is 5.16 Å². The van der Waals surface area contributed by atoms with Gasteiger partial charge in [-0.15, -0.1) is 0 Å². The number of aliphatic hydroxyl groups is 1. The zero-order valence-corrected chi connectivity index (χ0v) is 21.1. The highest BCUT2D eigenvalue weighted by Gasteiger charge is 2.48. The van der Waals surface area contributed by atoms with Crippen LogP contribution in [0.4, 0.5) is 5.82 Å². The molecule has 2 heterocycles. The maximum atomic E-state index is 13.4. The molecule has 2 aromatic carbocycles. The van der Waals surface area contributed by atoms with Crippen LogP contribution in [-0.4, -0.2) is 57.5 Å². The SMILES string of the molecule is COc1ccc(/C(O)=C2\C(=O)C(=O)N(c3cc(C)on3)[C@H]2c2cc(OC)c(OC)c(OC)c2)cc1OC. The van der Waals surface area contributed by atoms with Crippen molar-refractivity contribution in [2.45, 2.75) is 13.0 Å². The summed E-state index contributed by atoms with van der Waals surface area (Å²) in [4.78, 5) is 27.9. The quantitative estimate of drug-likeness (QED) is 0.272. The number of aliphatic hydroxyl groups excluding tert-OH is 1. The van der Waals surface area contributed by atoms with Crippen molar-refractivity contribution in [3.63, 3.8) is 0 Å². The highest BCUT2D eigenvalue weighted by molar-refractivity contribution is 6.51. The van der Waals surface area contributed by atoms with Gasteiger partial charge in [0, 0.05) is 11.6 Å². The Hall–Kier alpha value is -4.67. The second kappa shape index (κ2) is 10.1. The molecular formula is C26H26N2O9. The molecule has 0 saturated carbocycles. The lowest BCUT2D eigenvalue weighted by Gasteiger charge is -2.24. The predicted molar refractivity (Wildman–Crippen MR) is 132 cm³/mol. The van der Waals surface area contributed by atoms with Crippen molar-refractivity contribution in [1.29, 1.82) is 0 Å². The van der Waals surface area contributed by atoms with Gasteiger partial charge in [-0.05, 0) is 42.8 Å². The van der Waals surface area contributed by atoms with E-state index in [-0.39, 0.29) is 17.0 Å². The van der Waals surface area contributed by atoms with E-state index in [0.29, 0.717) is 40.1 Å². The van der Waals surface area contributed by atoms with Gasteiger partial charge in [-0.3, -0.25) is 14.5 Å². The molecule has 1 saturated heterocycles. The molecule has 0 aliphatic carbocycles. The van der Waals surface area contributed by atoms with Crippen LogP contribution < -0.4 is 28.6 Å². The summed E-state index contributed by atoms with van der Waals surface area (Å²) >= 11 is 0. The standard InChI is InChI=1S/C26H26N2O9/c1-13-9-20(27-37-13)28-22(15-11-18(34-4)25(36-6)19(12-15)35-5)21(24(30)26(28)31)23(29)14-7-8-16(32-2)17(10-14)33-3/h7-12,22,29H,1-6H3/b23-21+/t22-/m0/s1. The number of carbonyl (C=O) groups is 2. The predicted octanol–water partition coefficient (Wildman–Crippen LogP) is 3.65. The lowest BCUT2D eigenvalue weighted by molar-refractivity contribution is -0.132. The molecule has 11 heteroatoms. The lowest BCUT2D eigenvalue weighted by Crippen LogP contribution is -2.29. The largest absolute Gasteiger partial charge is 0.507 e. The summed E-state index contributed by atoms with van der Waals surface area (Å²) in [5, 5.41) is 15.3. The number of amides is 1. The summed E-state index contributed by atoms with van der Waals surface area (Å²) in [5.41, 5.74) is 0.466. The number of aromatic nitrogens is 1. The number of Topliss-reactive ketones (excluding diaryl/α,β-unsaturated/α-hetero) is 1. The van der Waals surface area contributed by atoms with Crippen LogP contribution in [0, 0.1) is 6.92 Å². The molecule has 1 N–H and O–H groups in total. The molecule has 11 nitrogen and oxygen atoms in total. The van der Waals surface area contributed by atoms with Crippen molar-refractivity contribution in [3.8, 4) is 28.7 Å². The van der Waals surface area contributed by atoms with Crippen LogP contribution in [0.1, 0.15) is 22.9 Å². The molecule has 1 aliphatic heterocycles. The zero-order valence-electron chi connectivity index (χ0n) is 21.1. The van der Waals surface area contributed by atoms with Crippen molar-refractivity contribution in [3.05, 3.63) is 58.9 Å². The number of ketones is 1. The maximum absolute atomic E-state index is 13.4. The minimum absolute atomic E-state index is 0.102. The summed E-state index contributed by atoms with van der Waals surface area (Å²) in [6, 6.07) is 8.25. The fraction of sp³-hybridized carbons (Fsp3) is 0.269. The van der Waals surface area contributed by atoms with E-state index in [9.17, 15) is 14.7 Å². The normalized spacial score (nSPS) is 16.6. The van der Waals surface area contributed by atoms with Crippen molar-refractivity contribution >= 4 is 23.3 Å². The van der Waals surface area contributed by atoms with E-state index in [1.807, 2.05) is 0 Å². The third-order valence-corrected chi connectivity index (χ3v) is 5.97. The molecule has 1 fully saturated rings. The number of hydrogen-bond acceptors (Lipinski definition) is 10. The molecule has 0 radical (unpaired) electrons.